The van der Waals surface area contributed by atoms with Crippen molar-refractivity contribution in [1.82, 2.24) is 25.1 Å². The van der Waals surface area contributed by atoms with Gasteiger partial charge in [0.1, 0.15) is 12.2 Å². The molecule has 1 aliphatic carbocycles. The Morgan fingerprint density at radius 3 is 3.08 bits per heavy atom. The second-order valence-corrected chi connectivity index (χ2v) is 6.59. The molecule has 6 nitrogen and oxygen atoms in total. The molecule has 2 N–H and O–H groups in total. The highest BCUT2D eigenvalue weighted by molar-refractivity contribution is 5.99. The largest absolute Gasteiger partial charge is 0.358 e. The Balaban J connectivity index is 1.46. The number of carbonyl (C=O) groups excluding carboxylic acids is 1. The average molecular weight is 337 g/mol. The first-order valence-electron chi connectivity index (χ1n) is 9.04. The first kappa shape index (κ1) is 15.9. The first-order valence-corrected chi connectivity index (χ1v) is 9.04. The third-order valence-corrected chi connectivity index (χ3v) is 5.03. The van der Waals surface area contributed by atoms with E-state index >= 15 is 0 Å². The number of hydrogen-bond acceptors (Lipinski definition) is 3. The molecule has 0 unspecified atom stereocenters. The van der Waals surface area contributed by atoms with Crippen molar-refractivity contribution in [1.29, 1.82) is 0 Å². The summed E-state index contributed by atoms with van der Waals surface area (Å²) in [7, 11) is 0. The molecule has 0 aliphatic heterocycles. The summed E-state index contributed by atoms with van der Waals surface area (Å²) >= 11 is 0. The fraction of sp³-hybridized carbons (Fsp3) is 0.421. The third kappa shape index (κ3) is 3.04. The zero-order valence-corrected chi connectivity index (χ0v) is 14.5. The molecule has 2 aromatic heterocycles. The van der Waals surface area contributed by atoms with E-state index in [9.17, 15) is 4.79 Å². The van der Waals surface area contributed by atoms with Crippen LogP contribution in [0.2, 0.25) is 0 Å². The van der Waals surface area contributed by atoms with Gasteiger partial charge < -0.3 is 14.9 Å². The second kappa shape index (κ2) is 6.70. The van der Waals surface area contributed by atoms with Gasteiger partial charge >= 0.3 is 0 Å². The number of benzene rings is 1. The van der Waals surface area contributed by atoms with Crippen LogP contribution in [0.4, 0.5) is 0 Å². The summed E-state index contributed by atoms with van der Waals surface area (Å²) in [4.78, 5) is 16.0. The van der Waals surface area contributed by atoms with E-state index in [1.54, 1.807) is 6.33 Å². The molecule has 130 valence electrons. The SMILES string of the molecule is CCn1cnnc1CCNC(=O)c1ccc2[nH]c3c(c2c1)CCCC3. The molecule has 25 heavy (non-hydrogen) atoms. The lowest BCUT2D eigenvalue weighted by Gasteiger charge is -2.10. The topological polar surface area (TPSA) is 75.6 Å². The maximum Gasteiger partial charge on any atom is 0.251 e. The highest BCUT2D eigenvalue weighted by atomic mass is 16.1. The van der Waals surface area contributed by atoms with Crippen LogP contribution in [0.1, 0.15) is 47.2 Å². The number of amides is 1. The predicted octanol–water partition coefficient (Wildman–Crippen LogP) is 2.63. The van der Waals surface area contributed by atoms with Gasteiger partial charge in [0, 0.05) is 41.7 Å². The van der Waals surface area contributed by atoms with Gasteiger partial charge in [-0.3, -0.25) is 4.79 Å². The Kier molecular flexibility index (Phi) is 4.26. The van der Waals surface area contributed by atoms with E-state index in [4.69, 9.17) is 0 Å². The summed E-state index contributed by atoms with van der Waals surface area (Å²) in [5, 5.41) is 12.2. The number of fused-ring (bicyclic) bond motifs is 3. The predicted molar refractivity (Wildman–Crippen MR) is 96.7 cm³/mol. The minimum Gasteiger partial charge on any atom is -0.358 e. The lowest BCUT2D eigenvalue weighted by molar-refractivity contribution is 0.0954. The Hall–Kier alpha value is -2.63. The smallest absolute Gasteiger partial charge is 0.251 e. The van der Waals surface area contributed by atoms with Crippen LogP contribution in [-0.2, 0) is 25.8 Å². The van der Waals surface area contributed by atoms with E-state index in [1.807, 2.05) is 22.8 Å². The molecule has 0 spiro atoms. The molecule has 0 atom stereocenters. The second-order valence-electron chi connectivity index (χ2n) is 6.59. The Labute approximate surface area is 146 Å². The molecule has 2 heterocycles. The molecule has 1 amide bonds. The molecule has 0 saturated heterocycles. The molecular formula is C19H23N5O. The fourth-order valence-corrected chi connectivity index (χ4v) is 3.67. The van der Waals surface area contributed by atoms with Gasteiger partial charge in [-0.2, -0.15) is 0 Å². The van der Waals surface area contributed by atoms with Crippen molar-refractivity contribution in [3.05, 3.63) is 47.2 Å². The summed E-state index contributed by atoms with van der Waals surface area (Å²) in [6.07, 6.45) is 7.10. The zero-order chi connectivity index (χ0) is 17.2. The Morgan fingerprint density at radius 2 is 2.20 bits per heavy atom. The number of H-pyrrole nitrogens is 1. The quantitative estimate of drug-likeness (QED) is 0.751. The number of aromatic nitrogens is 4. The maximum atomic E-state index is 12.5. The van der Waals surface area contributed by atoms with Gasteiger partial charge in [-0.05, 0) is 56.4 Å². The van der Waals surface area contributed by atoms with Crippen LogP contribution in [0, 0.1) is 0 Å². The van der Waals surface area contributed by atoms with Crippen molar-refractivity contribution in [3.63, 3.8) is 0 Å². The van der Waals surface area contributed by atoms with Crippen LogP contribution in [0.25, 0.3) is 10.9 Å². The van der Waals surface area contributed by atoms with Crippen LogP contribution >= 0.6 is 0 Å². The molecule has 6 heteroatoms. The van der Waals surface area contributed by atoms with Gasteiger partial charge in [-0.25, -0.2) is 0 Å². The summed E-state index contributed by atoms with van der Waals surface area (Å²) in [6, 6.07) is 5.95. The van der Waals surface area contributed by atoms with Crippen molar-refractivity contribution in [2.24, 2.45) is 0 Å². The minimum atomic E-state index is -0.0322. The molecule has 0 bridgehead atoms. The van der Waals surface area contributed by atoms with Crippen LogP contribution in [0.15, 0.2) is 24.5 Å². The molecule has 1 aromatic carbocycles. The van der Waals surface area contributed by atoms with Crippen molar-refractivity contribution in [3.8, 4) is 0 Å². The van der Waals surface area contributed by atoms with Crippen molar-refractivity contribution in [2.75, 3.05) is 6.54 Å². The number of rotatable bonds is 5. The maximum absolute atomic E-state index is 12.5. The number of aryl methyl sites for hydroxylation is 3. The average Bonchev–Trinajstić information content (AvgIpc) is 3.24. The van der Waals surface area contributed by atoms with E-state index in [0.29, 0.717) is 13.0 Å². The zero-order valence-electron chi connectivity index (χ0n) is 14.5. The monoisotopic (exact) mass is 337 g/mol. The van der Waals surface area contributed by atoms with Gasteiger partial charge in [0.25, 0.3) is 5.91 Å². The number of hydrogen-bond donors (Lipinski definition) is 2. The highest BCUT2D eigenvalue weighted by Crippen LogP contribution is 2.29. The number of nitrogens with one attached hydrogen (secondary N) is 2. The van der Waals surface area contributed by atoms with E-state index in [1.165, 1.54) is 29.5 Å². The summed E-state index contributed by atoms with van der Waals surface area (Å²) in [5.74, 6) is 0.869. The lowest BCUT2D eigenvalue weighted by Crippen LogP contribution is -2.26. The Morgan fingerprint density at radius 1 is 1.32 bits per heavy atom. The molecule has 0 saturated carbocycles. The van der Waals surface area contributed by atoms with Crippen molar-refractivity contribution >= 4 is 16.8 Å². The standard InChI is InChI=1S/C19H23N5O/c1-2-24-12-21-23-18(24)9-10-20-19(25)13-7-8-17-15(11-13)14-5-3-4-6-16(14)22-17/h7-8,11-12,22H,2-6,9-10H2,1H3,(H,20,25). The van der Waals surface area contributed by atoms with Crippen LogP contribution in [0.5, 0.6) is 0 Å². The number of carbonyl (C=O) groups is 1. The normalized spacial score (nSPS) is 13.8. The fourth-order valence-electron chi connectivity index (χ4n) is 3.67. The molecule has 4 rings (SSSR count). The van der Waals surface area contributed by atoms with E-state index < -0.39 is 0 Å². The highest BCUT2D eigenvalue weighted by Gasteiger charge is 2.16. The van der Waals surface area contributed by atoms with Gasteiger partial charge in [0.15, 0.2) is 0 Å². The summed E-state index contributed by atoms with van der Waals surface area (Å²) in [6.45, 7) is 3.45. The van der Waals surface area contributed by atoms with Crippen molar-refractivity contribution in [2.45, 2.75) is 45.6 Å². The van der Waals surface area contributed by atoms with E-state index in [2.05, 4.69) is 27.4 Å². The molecule has 0 radical (unpaired) electrons. The van der Waals surface area contributed by atoms with E-state index in [0.717, 1.165) is 36.3 Å². The van der Waals surface area contributed by atoms with Gasteiger partial charge in [-0.15, -0.1) is 10.2 Å². The molecule has 0 fully saturated rings. The summed E-state index contributed by atoms with van der Waals surface area (Å²) in [5.41, 5.74) is 4.60. The first-order chi connectivity index (χ1) is 12.3. The van der Waals surface area contributed by atoms with Crippen LogP contribution in [0.3, 0.4) is 0 Å². The van der Waals surface area contributed by atoms with Gasteiger partial charge in [-0.1, -0.05) is 0 Å². The molecular weight excluding hydrogens is 314 g/mol. The Bertz CT molecular complexity index is 908. The lowest BCUT2D eigenvalue weighted by atomic mass is 9.95. The number of nitrogens with zero attached hydrogens (tertiary/aromatic N) is 3. The third-order valence-electron chi connectivity index (χ3n) is 5.03. The summed E-state index contributed by atoms with van der Waals surface area (Å²) < 4.78 is 1.99. The van der Waals surface area contributed by atoms with Crippen LogP contribution in [-0.4, -0.2) is 32.2 Å². The van der Waals surface area contributed by atoms with Gasteiger partial charge in [0.05, 0.1) is 0 Å². The van der Waals surface area contributed by atoms with Crippen molar-refractivity contribution < 1.29 is 4.79 Å². The van der Waals surface area contributed by atoms with Gasteiger partial charge in [0.2, 0.25) is 0 Å². The molecule has 1 aliphatic rings. The number of aromatic amines is 1. The molecule has 3 aromatic rings. The minimum absolute atomic E-state index is 0.0322. The van der Waals surface area contributed by atoms with Crippen LogP contribution < -0.4 is 5.32 Å². The van der Waals surface area contributed by atoms with E-state index in [-0.39, 0.29) is 5.91 Å².